The predicted molar refractivity (Wildman–Crippen MR) is 68.8 cm³/mol. The van der Waals surface area contributed by atoms with Crippen molar-refractivity contribution in [3.63, 3.8) is 0 Å². The highest BCUT2D eigenvalue weighted by molar-refractivity contribution is 5.93. The number of benzene rings is 2. The molecule has 2 aromatic carbocycles. The van der Waals surface area contributed by atoms with Gasteiger partial charge in [-0.05, 0) is 29.2 Å². The minimum Gasteiger partial charge on any atom is -0.319 e. The van der Waals surface area contributed by atoms with E-state index >= 15 is 0 Å². The molecular formula is C15H15NO. The van der Waals surface area contributed by atoms with Crippen molar-refractivity contribution in [2.45, 2.75) is 24.8 Å². The third-order valence-electron chi connectivity index (χ3n) is 3.52. The summed E-state index contributed by atoms with van der Waals surface area (Å²) in [6.45, 7) is 0. The highest BCUT2D eigenvalue weighted by Crippen LogP contribution is 2.34. The second-order valence-corrected chi connectivity index (χ2v) is 4.94. The Morgan fingerprint density at radius 3 is 2.53 bits per heavy atom. The zero-order valence-electron chi connectivity index (χ0n) is 9.65. The van der Waals surface area contributed by atoms with Gasteiger partial charge in [0.1, 0.15) is 0 Å². The van der Waals surface area contributed by atoms with Crippen LogP contribution in [-0.2, 0) is 11.2 Å². The normalized spacial score (nSPS) is 17.0. The van der Waals surface area contributed by atoms with Crippen LogP contribution in [0, 0.1) is 0 Å². The number of Topliss-reactive ketones (excluding diaryl/α,β-unsaturated/α-hetero) is 1. The van der Waals surface area contributed by atoms with Crippen molar-refractivity contribution < 1.29 is 4.79 Å². The minimum atomic E-state index is -0.508. The second kappa shape index (κ2) is 3.67. The molecule has 0 aliphatic heterocycles. The molecule has 1 saturated carbocycles. The maximum atomic E-state index is 11.9. The van der Waals surface area contributed by atoms with E-state index in [1.165, 1.54) is 10.8 Å². The molecule has 17 heavy (non-hydrogen) atoms. The molecule has 2 N–H and O–H groups in total. The van der Waals surface area contributed by atoms with E-state index in [9.17, 15) is 4.79 Å². The molecule has 86 valence electrons. The summed E-state index contributed by atoms with van der Waals surface area (Å²) in [5, 5.41) is 2.39. The van der Waals surface area contributed by atoms with E-state index in [1.54, 1.807) is 0 Å². The van der Waals surface area contributed by atoms with Gasteiger partial charge in [-0.3, -0.25) is 4.79 Å². The fraction of sp³-hybridized carbons (Fsp3) is 0.267. The van der Waals surface area contributed by atoms with Gasteiger partial charge in [0.25, 0.3) is 0 Å². The molecule has 1 aliphatic rings. The van der Waals surface area contributed by atoms with Gasteiger partial charge < -0.3 is 5.73 Å². The second-order valence-electron chi connectivity index (χ2n) is 4.94. The third-order valence-corrected chi connectivity index (χ3v) is 3.52. The maximum absolute atomic E-state index is 11.9. The lowest BCUT2D eigenvalue weighted by atomic mass is 10.00. The molecule has 1 fully saturated rings. The van der Waals surface area contributed by atoms with Crippen molar-refractivity contribution in [2.24, 2.45) is 5.73 Å². The van der Waals surface area contributed by atoms with Gasteiger partial charge in [0.15, 0.2) is 5.78 Å². The van der Waals surface area contributed by atoms with Crippen LogP contribution in [0.4, 0.5) is 0 Å². The average Bonchev–Trinajstić information content (AvgIpc) is 3.09. The van der Waals surface area contributed by atoms with E-state index in [1.807, 2.05) is 18.2 Å². The lowest BCUT2D eigenvalue weighted by Gasteiger charge is -2.08. The smallest absolute Gasteiger partial charge is 0.156 e. The average molecular weight is 225 g/mol. The first-order valence-corrected chi connectivity index (χ1v) is 5.97. The van der Waals surface area contributed by atoms with Crippen LogP contribution in [0.25, 0.3) is 10.8 Å². The molecule has 0 amide bonds. The van der Waals surface area contributed by atoms with Crippen LogP contribution in [-0.4, -0.2) is 11.3 Å². The van der Waals surface area contributed by atoms with Gasteiger partial charge in [-0.1, -0.05) is 42.5 Å². The molecule has 3 rings (SSSR count). The van der Waals surface area contributed by atoms with Crippen molar-refractivity contribution >= 4 is 16.6 Å². The van der Waals surface area contributed by atoms with Gasteiger partial charge in [0, 0.05) is 6.42 Å². The lowest BCUT2D eigenvalue weighted by molar-refractivity contribution is -0.120. The van der Waals surface area contributed by atoms with Crippen LogP contribution < -0.4 is 5.73 Å². The summed E-state index contributed by atoms with van der Waals surface area (Å²) >= 11 is 0. The van der Waals surface area contributed by atoms with Gasteiger partial charge in [-0.2, -0.15) is 0 Å². The van der Waals surface area contributed by atoms with Crippen LogP contribution in [0.1, 0.15) is 18.4 Å². The molecule has 0 aromatic heterocycles. The quantitative estimate of drug-likeness (QED) is 0.871. The number of carbonyl (C=O) groups excluding carboxylic acids is 1. The van der Waals surface area contributed by atoms with Crippen molar-refractivity contribution in [3.05, 3.63) is 48.0 Å². The van der Waals surface area contributed by atoms with E-state index in [0.29, 0.717) is 6.42 Å². The van der Waals surface area contributed by atoms with Gasteiger partial charge in [-0.15, -0.1) is 0 Å². The first kappa shape index (κ1) is 10.5. The monoisotopic (exact) mass is 225 g/mol. The van der Waals surface area contributed by atoms with Crippen molar-refractivity contribution in [1.29, 1.82) is 0 Å². The highest BCUT2D eigenvalue weighted by Gasteiger charge is 2.44. The molecular weight excluding hydrogens is 210 g/mol. The Bertz CT molecular complexity index is 584. The Kier molecular flexibility index (Phi) is 2.26. The summed E-state index contributed by atoms with van der Waals surface area (Å²) in [6, 6.07) is 14.3. The first-order chi connectivity index (χ1) is 8.17. The molecule has 1 aliphatic carbocycles. The summed E-state index contributed by atoms with van der Waals surface area (Å²) in [6.07, 6.45) is 2.15. The van der Waals surface area contributed by atoms with Gasteiger partial charge in [0.05, 0.1) is 5.54 Å². The van der Waals surface area contributed by atoms with E-state index < -0.39 is 5.54 Å². The molecule has 0 unspecified atom stereocenters. The Labute approximate surface area is 100 Å². The Morgan fingerprint density at radius 2 is 1.82 bits per heavy atom. The number of rotatable bonds is 3. The Morgan fingerprint density at radius 1 is 1.12 bits per heavy atom. The van der Waals surface area contributed by atoms with E-state index in [0.717, 1.165) is 18.4 Å². The highest BCUT2D eigenvalue weighted by atomic mass is 16.1. The fourth-order valence-corrected chi connectivity index (χ4v) is 2.12. The van der Waals surface area contributed by atoms with Crippen LogP contribution in [0.2, 0.25) is 0 Å². The van der Waals surface area contributed by atoms with Gasteiger partial charge >= 0.3 is 0 Å². The molecule has 2 aromatic rings. The molecule has 0 spiro atoms. The SMILES string of the molecule is NC1(C(=O)Cc2ccc3ccccc3c2)CC1. The first-order valence-electron chi connectivity index (χ1n) is 5.97. The van der Waals surface area contributed by atoms with Gasteiger partial charge in [0.2, 0.25) is 0 Å². The Balaban J connectivity index is 1.88. The summed E-state index contributed by atoms with van der Waals surface area (Å²) in [5.41, 5.74) is 6.45. The van der Waals surface area contributed by atoms with Crippen LogP contribution in [0.3, 0.4) is 0 Å². The summed E-state index contributed by atoms with van der Waals surface area (Å²) in [5.74, 6) is 0.174. The number of hydrogen-bond donors (Lipinski definition) is 1. The molecule has 0 heterocycles. The van der Waals surface area contributed by atoms with Crippen LogP contribution >= 0.6 is 0 Å². The predicted octanol–water partition coefficient (Wildman–Crippen LogP) is 2.44. The van der Waals surface area contributed by atoms with E-state index in [-0.39, 0.29) is 5.78 Å². The molecule has 0 saturated heterocycles. The number of nitrogens with two attached hydrogens (primary N) is 1. The number of fused-ring (bicyclic) bond motifs is 1. The summed E-state index contributed by atoms with van der Waals surface area (Å²) < 4.78 is 0. The summed E-state index contributed by atoms with van der Waals surface area (Å²) in [7, 11) is 0. The Hall–Kier alpha value is -1.67. The largest absolute Gasteiger partial charge is 0.319 e. The topological polar surface area (TPSA) is 43.1 Å². The number of hydrogen-bond acceptors (Lipinski definition) is 2. The zero-order valence-corrected chi connectivity index (χ0v) is 9.65. The van der Waals surface area contributed by atoms with Gasteiger partial charge in [-0.25, -0.2) is 0 Å². The molecule has 2 nitrogen and oxygen atoms in total. The van der Waals surface area contributed by atoms with E-state index in [2.05, 4.69) is 24.3 Å². The van der Waals surface area contributed by atoms with E-state index in [4.69, 9.17) is 5.73 Å². The summed E-state index contributed by atoms with van der Waals surface area (Å²) in [4.78, 5) is 11.9. The standard InChI is InChI=1S/C15H15NO/c16-15(7-8-15)14(17)10-11-5-6-12-3-1-2-4-13(12)9-11/h1-6,9H,7-8,10,16H2. The lowest BCUT2D eigenvalue weighted by Crippen LogP contribution is -2.33. The van der Waals surface area contributed by atoms with Crippen LogP contribution in [0.5, 0.6) is 0 Å². The molecule has 0 atom stereocenters. The van der Waals surface area contributed by atoms with Crippen molar-refractivity contribution in [2.75, 3.05) is 0 Å². The minimum absolute atomic E-state index is 0.174. The van der Waals surface area contributed by atoms with Crippen molar-refractivity contribution in [3.8, 4) is 0 Å². The maximum Gasteiger partial charge on any atom is 0.156 e. The fourth-order valence-electron chi connectivity index (χ4n) is 2.12. The van der Waals surface area contributed by atoms with Crippen LogP contribution in [0.15, 0.2) is 42.5 Å². The number of carbonyl (C=O) groups is 1. The molecule has 0 bridgehead atoms. The van der Waals surface area contributed by atoms with Crippen molar-refractivity contribution in [1.82, 2.24) is 0 Å². The molecule has 0 radical (unpaired) electrons. The molecule has 2 heteroatoms. The number of ketones is 1. The third kappa shape index (κ3) is 1.96. The zero-order chi connectivity index (χ0) is 11.9.